The van der Waals surface area contributed by atoms with E-state index in [0.717, 1.165) is 5.56 Å². The standard InChI is InChI=1S/C13H9Cl2FN/c14-11-2-1-3-12(15)13(11)17-8-9-4-6-10(16)7-5-9/h1-7H,8H2. The summed E-state index contributed by atoms with van der Waals surface area (Å²) in [6.45, 7) is 0.420. The average Bonchev–Trinajstić information content (AvgIpc) is 2.31. The Balaban J connectivity index is 2.10. The Morgan fingerprint density at radius 3 is 2.12 bits per heavy atom. The zero-order valence-electron chi connectivity index (χ0n) is 8.83. The molecule has 1 nitrogen and oxygen atoms in total. The smallest absolute Gasteiger partial charge is 0.123 e. The van der Waals surface area contributed by atoms with Crippen molar-refractivity contribution in [2.45, 2.75) is 6.54 Å². The van der Waals surface area contributed by atoms with Gasteiger partial charge in [0.25, 0.3) is 0 Å². The third-order valence-electron chi connectivity index (χ3n) is 2.27. The summed E-state index contributed by atoms with van der Waals surface area (Å²) in [5, 5.41) is 5.35. The largest absolute Gasteiger partial charge is 0.277 e. The Labute approximate surface area is 109 Å². The first kappa shape index (κ1) is 12.2. The van der Waals surface area contributed by atoms with Crippen LogP contribution in [0, 0.1) is 5.82 Å². The number of nitrogens with zero attached hydrogens (tertiary/aromatic N) is 1. The molecule has 0 fully saturated rings. The Bertz CT molecular complexity index is 491. The molecule has 0 bridgehead atoms. The molecule has 0 unspecified atom stereocenters. The van der Waals surface area contributed by atoms with Crippen LogP contribution in [0.3, 0.4) is 0 Å². The van der Waals surface area contributed by atoms with Crippen LogP contribution in [-0.2, 0) is 6.54 Å². The van der Waals surface area contributed by atoms with Crippen molar-refractivity contribution in [2.75, 3.05) is 0 Å². The van der Waals surface area contributed by atoms with E-state index >= 15 is 0 Å². The Morgan fingerprint density at radius 1 is 0.941 bits per heavy atom. The van der Waals surface area contributed by atoms with Crippen molar-refractivity contribution >= 4 is 28.9 Å². The van der Waals surface area contributed by atoms with E-state index in [1.54, 1.807) is 30.3 Å². The number of rotatable bonds is 3. The molecule has 0 spiro atoms. The average molecular weight is 269 g/mol. The molecule has 1 radical (unpaired) electrons. The van der Waals surface area contributed by atoms with Gasteiger partial charge in [0.05, 0.1) is 22.3 Å². The van der Waals surface area contributed by atoms with E-state index in [4.69, 9.17) is 23.2 Å². The van der Waals surface area contributed by atoms with Crippen molar-refractivity contribution in [1.82, 2.24) is 5.32 Å². The zero-order valence-corrected chi connectivity index (χ0v) is 10.3. The number of para-hydroxylation sites is 1. The molecular weight excluding hydrogens is 260 g/mol. The van der Waals surface area contributed by atoms with Crippen LogP contribution in [0.1, 0.15) is 5.56 Å². The predicted molar refractivity (Wildman–Crippen MR) is 68.4 cm³/mol. The first-order chi connectivity index (χ1) is 8.16. The number of halogens is 3. The summed E-state index contributed by atoms with van der Waals surface area (Å²) < 4.78 is 12.7. The van der Waals surface area contributed by atoms with Gasteiger partial charge >= 0.3 is 0 Å². The van der Waals surface area contributed by atoms with E-state index in [0.29, 0.717) is 22.3 Å². The van der Waals surface area contributed by atoms with Crippen molar-refractivity contribution in [3.63, 3.8) is 0 Å². The van der Waals surface area contributed by atoms with Crippen LogP contribution in [0.25, 0.3) is 0 Å². The summed E-state index contributed by atoms with van der Waals surface area (Å²) in [4.78, 5) is 0. The maximum absolute atomic E-state index is 12.7. The van der Waals surface area contributed by atoms with Crippen LogP contribution in [0.5, 0.6) is 0 Å². The van der Waals surface area contributed by atoms with Gasteiger partial charge in [0.2, 0.25) is 0 Å². The monoisotopic (exact) mass is 268 g/mol. The second-order valence-corrected chi connectivity index (χ2v) is 4.33. The van der Waals surface area contributed by atoms with Crippen molar-refractivity contribution in [3.8, 4) is 0 Å². The maximum Gasteiger partial charge on any atom is 0.123 e. The second-order valence-electron chi connectivity index (χ2n) is 3.51. The summed E-state index contributed by atoms with van der Waals surface area (Å²) in [5.74, 6) is -0.260. The van der Waals surface area contributed by atoms with Gasteiger partial charge in [-0.15, -0.1) is 0 Å². The molecule has 2 aromatic carbocycles. The molecule has 0 aromatic heterocycles. The minimum absolute atomic E-state index is 0.260. The van der Waals surface area contributed by atoms with Gasteiger partial charge in [0.1, 0.15) is 5.82 Å². The van der Waals surface area contributed by atoms with E-state index in [9.17, 15) is 4.39 Å². The van der Waals surface area contributed by atoms with E-state index in [1.807, 2.05) is 0 Å². The molecule has 0 aliphatic heterocycles. The third kappa shape index (κ3) is 3.11. The van der Waals surface area contributed by atoms with E-state index in [-0.39, 0.29) is 5.82 Å². The summed E-state index contributed by atoms with van der Waals surface area (Å²) in [6, 6.07) is 11.4. The highest BCUT2D eigenvalue weighted by atomic mass is 35.5. The normalized spacial score (nSPS) is 10.3. The lowest BCUT2D eigenvalue weighted by atomic mass is 10.2. The molecule has 0 saturated heterocycles. The summed E-state index contributed by atoms with van der Waals surface area (Å²) in [6.07, 6.45) is 0. The fourth-order valence-electron chi connectivity index (χ4n) is 1.40. The van der Waals surface area contributed by atoms with Gasteiger partial charge in [0, 0.05) is 0 Å². The van der Waals surface area contributed by atoms with Crippen molar-refractivity contribution < 1.29 is 4.39 Å². The first-order valence-electron chi connectivity index (χ1n) is 5.03. The quantitative estimate of drug-likeness (QED) is 0.775. The lowest BCUT2D eigenvalue weighted by Crippen LogP contribution is -1.99. The van der Waals surface area contributed by atoms with Gasteiger partial charge in [-0.05, 0) is 29.8 Å². The fraction of sp³-hybridized carbons (Fsp3) is 0.0769. The zero-order chi connectivity index (χ0) is 12.3. The summed E-state index contributed by atoms with van der Waals surface area (Å²) >= 11 is 12.0. The summed E-state index contributed by atoms with van der Waals surface area (Å²) in [5.41, 5.74) is 1.47. The van der Waals surface area contributed by atoms with Crippen molar-refractivity contribution in [1.29, 1.82) is 0 Å². The van der Waals surface area contributed by atoms with Gasteiger partial charge < -0.3 is 0 Å². The van der Waals surface area contributed by atoms with Crippen LogP contribution in [0.15, 0.2) is 42.5 Å². The SMILES string of the molecule is Fc1ccc(C[N]c2c(Cl)cccc2Cl)cc1. The van der Waals surface area contributed by atoms with Crippen molar-refractivity contribution in [2.24, 2.45) is 0 Å². The molecule has 87 valence electrons. The molecule has 2 rings (SSSR count). The minimum atomic E-state index is -0.260. The van der Waals surface area contributed by atoms with E-state index in [2.05, 4.69) is 5.32 Å². The molecule has 0 amide bonds. The molecule has 17 heavy (non-hydrogen) atoms. The molecular formula is C13H9Cl2FN. The van der Waals surface area contributed by atoms with Crippen LogP contribution in [0.2, 0.25) is 10.0 Å². The van der Waals surface area contributed by atoms with Crippen LogP contribution in [-0.4, -0.2) is 0 Å². The van der Waals surface area contributed by atoms with Gasteiger partial charge in [-0.3, -0.25) is 5.32 Å². The Morgan fingerprint density at radius 2 is 1.53 bits per heavy atom. The molecule has 2 aromatic rings. The van der Waals surface area contributed by atoms with E-state index < -0.39 is 0 Å². The topological polar surface area (TPSA) is 14.1 Å². The highest BCUT2D eigenvalue weighted by molar-refractivity contribution is 6.38. The lowest BCUT2D eigenvalue weighted by molar-refractivity contribution is 0.626. The van der Waals surface area contributed by atoms with Crippen LogP contribution >= 0.6 is 23.2 Å². The molecule has 0 heterocycles. The van der Waals surface area contributed by atoms with Gasteiger partial charge in [-0.25, -0.2) is 4.39 Å². The minimum Gasteiger partial charge on any atom is -0.277 e. The van der Waals surface area contributed by atoms with Gasteiger partial charge in [0.15, 0.2) is 0 Å². The fourth-order valence-corrected chi connectivity index (χ4v) is 1.92. The van der Waals surface area contributed by atoms with Crippen LogP contribution in [0.4, 0.5) is 10.1 Å². The molecule has 0 N–H and O–H groups in total. The Hall–Kier alpha value is -1.25. The maximum atomic E-state index is 12.7. The third-order valence-corrected chi connectivity index (χ3v) is 2.88. The van der Waals surface area contributed by atoms with Gasteiger partial charge in [-0.1, -0.05) is 41.4 Å². The molecule has 0 atom stereocenters. The second kappa shape index (κ2) is 5.39. The first-order valence-corrected chi connectivity index (χ1v) is 5.78. The predicted octanol–water partition coefficient (Wildman–Crippen LogP) is 4.57. The highest BCUT2D eigenvalue weighted by Gasteiger charge is 2.06. The molecule has 0 aliphatic rings. The van der Waals surface area contributed by atoms with E-state index in [1.165, 1.54) is 12.1 Å². The number of hydrogen-bond acceptors (Lipinski definition) is 0. The molecule has 4 heteroatoms. The highest BCUT2D eigenvalue weighted by Crippen LogP contribution is 2.30. The molecule has 0 aliphatic carbocycles. The van der Waals surface area contributed by atoms with Crippen molar-refractivity contribution in [3.05, 3.63) is 63.9 Å². The molecule has 0 saturated carbocycles. The van der Waals surface area contributed by atoms with Gasteiger partial charge in [-0.2, -0.15) is 0 Å². The van der Waals surface area contributed by atoms with Crippen LogP contribution < -0.4 is 5.32 Å². The Kier molecular flexibility index (Phi) is 3.87. The number of hydrogen-bond donors (Lipinski definition) is 0. The number of benzene rings is 2. The lowest BCUT2D eigenvalue weighted by Gasteiger charge is -2.07. The summed E-state index contributed by atoms with van der Waals surface area (Å²) in [7, 11) is 0.